The first kappa shape index (κ1) is 29.5. The first-order valence-electron chi connectivity index (χ1n) is 13.0. The predicted molar refractivity (Wildman–Crippen MR) is 141 cm³/mol. The van der Waals surface area contributed by atoms with Crippen molar-refractivity contribution in [3.05, 3.63) is 47.5 Å². The highest BCUT2D eigenvalue weighted by atomic mass is 19.4. The summed E-state index contributed by atoms with van der Waals surface area (Å²) in [6, 6.07) is 9.14. The van der Waals surface area contributed by atoms with Gasteiger partial charge in [-0.25, -0.2) is 0 Å². The number of halogens is 3. The molecule has 2 amide bonds. The van der Waals surface area contributed by atoms with Gasteiger partial charge in [0, 0.05) is 57.2 Å². The van der Waals surface area contributed by atoms with Crippen molar-refractivity contribution in [2.45, 2.75) is 38.6 Å². The van der Waals surface area contributed by atoms with Gasteiger partial charge in [-0.2, -0.15) is 13.2 Å². The number of hydrogen-bond acceptors (Lipinski definition) is 7. The third-order valence-electron chi connectivity index (χ3n) is 7.15. The van der Waals surface area contributed by atoms with Gasteiger partial charge in [-0.1, -0.05) is 6.92 Å². The third-order valence-corrected chi connectivity index (χ3v) is 7.15. The number of anilines is 1. The molecule has 0 radical (unpaired) electrons. The predicted octanol–water partition coefficient (Wildman–Crippen LogP) is 4.43. The summed E-state index contributed by atoms with van der Waals surface area (Å²) in [7, 11) is 3.16. The zero-order valence-electron chi connectivity index (χ0n) is 22.9. The highest BCUT2D eigenvalue weighted by Crippen LogP contribution is 2.33. The zero-order chi connectivity index (χ0) is 29.0. The maximum atomic E-state index is 13.4. The standard InChI is InChI=1S/C28H34F3N3O6/c1-17-13-34(10-9-28(29,30)31)18(2)15-38-23-12-20(6-7-21(23)27(36)33(3)14-25(17)37-4)32-26(35)19-5-8-22-24(11-19)40-16-39-22/h5-8,11-12,17-18,25H,9-10,13-16H2,1-4H3,(H,32,35)/t17-,18+,25-/m0/s1. The van der Waals surface area contributed by atoms with E-state index in [2.05, 4.69) is 5.32 Å². The van der Waals surface area contributed by atoms with Crippen LogP contribution in [-0.2, 0) is 4.74 Å². The van der Waals surface area contributed by atoms with Crippen LogP contribution in [0, 0.1) is 5.92 Å². The lowest BCUT2D eigenvalue weighted by atomic mass is 10.0. The van der Waals surface area contributed by atoms with Crippen molar-refractivity contribution in [3.8, 4) is 17.2 Å². The Bertz CT molecular complexity index is 1220. The van der Waals surface area contributed by atoms with Gasteiger partial charge in [0.1, 0.15) is 12.4 Å². The Morgan fingerprint density at radius 3 is 2.52 bits per heavy atom. The van der Waals surface area contributed by atoms with E-state index in [1.165, 1.54) is 12.0 Å². The molecule has 0 unspecified atom stereocenters. The highest BCUT2D eigenvalue weighted by molar-refractivity contribution is 6.05. The summed E-state index contributed by atoms with van der Waals surface area (Å²) >= 11 is 0. The van der Waals surface area contributed by atoms with Crippen molar-refractivity contribution in [1.82, 2.24) is 9.80 Å². The fourth-order valence-electron chi connectivity index (χ4n) is 4.75. The second-order valence-corrected chi connectivity index (χ2v) is 10.2. The van der Waals surface area contributed by atoms with Gasteiger partial charge >= 0.3 is 6.18 Å². The van der Waals surface area contributed by atoms with Crippen LogP contribution in [0.4, 0.5) is 18.9 Å². The van der Waals surface area contributed by atoms with Crippen LogP contribution in [0.2, 0.25) is 0 Å². The van der Waals surface area contributed by atoms with E-state index in [9.17, 15) is 22.8 Å². The molecule has 2 aromatic rings. The molecule has 1 N–H and O–H groups in total. The molecule has 2 heterocycles. The minimum absolute atomic E-state index is 0.0335. The summed E-state index contributed by atoms with van der Waals surface area (Å²) in [5.41, 5.74) is 0.997. The molecule has 0 aromatic heterocycles. The summed E-state index contributed by atoms with van der Waals surface area (Å²) in [4.78, 5) is 29.5. The van der Waals surface area contributed by atoms with Crippen LogP contribution in [0.15, 0.2) is 36.4 Å². The minimum atomic E-state index is -4.29. The van der Waals surface area contributed by atoms with Crippen LogP contribution >= 0.6 is 0 Å². The van der Waals surface area contributed by atoms with Crippen LogP contribution in [0.3, 0.4) is 0 Å². The quantitative estimate of drug-likeness (QED) is 0.574. The Kier molecular flexibility index (Phi) is 9.09. The van der Waals surface area contributed by atoms with Gasteiger partial charge in [-0.3, -0.25) is 14.5 Å². The number of carbonyl (C=O) groups is 2. The van der Waals surface area contributed by atoms with E-state index in [0.29, 0.717) is 29.3 Å². The largest absolute Gasteiger partial charge is 0.491 e. The number of methoxy groups -OCH3 is 1. The number of carbonyl (C=O) groups excluding carboxylic acids is 2. The number of rotatable bonds is 5. The van der Waals surface area contributed by atoms with Crippen LogP contribution < -0.4 is 19.5 Å². The van der Waals surface area contributed by atoms with Gasteiger partial charge in [0.05, 0.1) is 18.1 Å². The Hall–Kier alpha value is -3.51. The second-order valence-electron chi connectivity index (χ2n) is 10.2. The molecule has 218 valence electrons. The summed E-state index contributed by atoms with van der Waals surface area (Å²) in [6.07, 6.45) is -5.64. The lowest BCUT2D eigenvalue weighted by Gasteiger charge is -2.36. The SMILES string of the molecule is CO[C@H]1CN(C)C(=O)c2ccc(NC(=O)c3ccc4c(c3)OCO4)cc2OC[C@@H](C)N(CCC(F)(F)F)C[C@@H]1C. The van der Waals surface area contributed by atoms with Crippen LogP contribution in [-0.4, -0.2) is 87.1 Å². The number of likely N-dealkylation sites (N-methyl/N-ethyl adjacent to an activating group) is 1. The summed E-state index contributed by atoms with van der Waals surface area (Å²) in [5, 5.41) is 2.80. The number of fused-ring (bicyclic) bond motifs is 2. The molecule has 0 bridgehead atoms. The minimum Gasteiger partial charge on any atom is -0.491 e. The van der Waals surface area contributed by atoms with Gasteiger partial charge in [0.15, 0.2) is 11.5 Å². The summed E-state index contributed by atoms with van der Waals surface area (Å²) in [5.74, 6) is 0.374. The number of alkyl halides is 3. The van der Waals surface area contributed by atoms with E-state index in [1.54, 1.807) is 55.3 Å². The molecule has 3 atom stereocenters. The molecule has 2 aliphatic heterocycles. The normalized spacial score (nSPS) is 22.1. The van der Waals surface area contributed by atoms with Gasteiger partial charge in [-0.15, -0.1) is 0 Å². The fourth-order valence-corrected chi connectivity index (χ4v) is 4.75. The molecule has 2 aliphatic rings. The molecule has 40 heavy (non-hydrogen) atoms. The molecule has 4 rings (SSSR count). The van der Waals surface area contributed by atoms with Gasteiger partial charge < -0.3 is 29.2 Å². The van der Waals surface area contributed by atoms with E-state index < -0.39 is 30.7 Å². The zero-order valence-corrected chi connectivity index (χ0v) is 22.9. The maximum Gasteiger partial charge on any atom is 0.390 e. The van der Waals surface area contributed by atoms with Gasteiger partial charge in [0.25, 0.3) is 11.8 Å². The average Bonchev–Trinajstić information content (AvgIpc) is 3.39. The highest BCUT2D eigenvalue weighted by Gasteiger charge is 2.32. The smallest absolute Gasteiger partial charge is 0.390 e. The topological polar surface area (TPSA) is 89.6 Å². The van der Waals surface area contributed by atoms with Crippen molar-refractivity contribution >= 4 is 17.5 Å². The van der Waals surface area contributed by atoms with Crippen LogP contribution in [0.1, 0.15) is 41.0 Å². The Labute approximate surface area is 231 Å². The first-order valence-corrected chi connectivity index (χ1v) is 13.0. The number of amides is 2. The molecule has 0 fully saturated rings. The number of benzene rings is 2. The van der Waals surface area contributed by atoms with E-state index in [0.717, 1.165) is 0 Å². The molecule has 12 heteroatoms. The van der Waals surface area contributed by atoms with E-state index in [1.807, 2.05) is 6.92 Å². The lowest BCUT2D eigenvalue weighted by Crippen LogP contribution is -2.47. The Morgan fingerprint density at radius 1 is 1.05 bits per heavy atom. The molecule has 2 aromatic carbocycles. The number of hydrogen-bond donors (Lipinski definition) is 1. The van der Waals surface area contributed by atoms with Crippen molar-refractivity contribution in [2.75, 3.05) is 52.5 Å². The van der Waals surface area contributed by atoms with Crippen molar-refractivity contribution < 1.29 is 41.7 Å². The number of nitrogens with one attached hydrogen (secondary N) is 1. The van der Waals surface area contributed by atoms with Crippen molar-refractivity contribution in [3.63, 3.8) is 0 Å². The van der Waals surface area contributed by atoms with Crippen molar-refractivity contribution in [2.24, 2.45) is 5.92 Å². The molecule has 0 saturated heterocycles. The average molecular weight is 566 g/mol. The molecule has 0 spiro atoms. The second kappa shape index (κ2) is 12.3. The molecule has 0 saturated carbocycles. The summed E-state index contributed by atoms with van der Waals surface area (Å²) < 4.78 is 61.5. The first-order chi connectivity index (χ1) is 18.9. The number of ether oxygens (including phenoxy) is 4. The lowest BCUT2D eigenvalue weighted by molar-refractivity contribution is -0.140. The number of nitrogens with zero attached hydrogens (tertiary/aromatic N) is 2. The Balaban J connectivity index is 1.59. The van der Waals surface area contributed by atoms with E-state index in [-0.39, 0.29) is 49.6 Å². The van der Waals surface area contributed by atoms with Crippen LogP contribution in [0.25, 0.3) is 0 Å². The third kappa shape index (κ3) is 7.16. The maximum absolute atomic E-state index is 13.4. The van der Waals surface area contributed by atoms with E-state index in [4.69, 9.17) is 18.9 Å². The molecule has 9 nitrogen and oxygen atoms in total. The van der Waals surface area contributed by atoms with Gasteiger partial charge in [-0.05, 0) is 43.2 Å². The van der Waals surface area contributed by atoms with E-state index >= 15 is 0 Å². The monoisotopic (exact) mass is 565 g/mol. The Morgan fingerprint density at radius 2 is 1.80 bits per heavy atom. The fraction of sp³-hybridized carbons (Fsp3) is 0.500. The van der Waals surface area contributed by atoms with Crippen LogP contribution in [0.5, 0.6) is 17.2 Å². The molecular formula is C28H34F3N3O6. The summed E-state index contributed by atoms with van der Waals surface area (Å²) in [6.45, 7) is 4.18. The molecule has 0 aliphatic carbocycles. The van der Waals surface area contributed by atoms with Crippen molar-refractivity contribution in [1.29, 1.82) is 0 Å². The molecular weight excluding hydrogens is 531 g/mol. The van der Waals surface area contributed by atoms with Gasteiger partial charge in [0.2, 0.25) is 6.79 Å².